The molecule has 0 radical (unpaired) electrons. The molecule has 0 spiro atoms. The third kappa shape index (κ3) is 1.56. The number of carbonyl (C=O) groups excluding carboxylic acids is 1. The molecule has 72 valence electrons. The Labute approximate surface area is 73.9 Å². The molecule has 1 aliphatic heterocycles. The van der Waals surface area contributed by atoms with Gasteiger partial charge in [0.1, 0.15) is 12.2 Å². The molecule has 1 saturated heterocycles. The van der Waals surface area contributed by atoms with Crippen molar-refractivity contribution in [3.05, 3.63) is 10.1 Å². The summed E-state index contributed by atoms with van der Waals surface area (Å²) in [5.41, 5.74) is 0. The smallest absolute Gasteiger partial charge is 0.306 e. The van der Waals surface area contributed by atoms with Gasteiger partial charge in [0, 0.05) is 12.3 Å². The van der Waals surface area contributed by atoms with E-state index in [0.717, 1.165) is 0 Å². The second-order valence-corrected chi connectivity index (χ2v) is 3.41. The zero-order valence-electron chi connectivity index (χ0n) is 6.84. The van der Waals surface area contributed by atoms with E-state index in [1.54, 1.807) is 0 Å². The fourth-order valence-corrected chi connectivity index (χ4v) is 2.04. The number of carbonyl (C=O) groups is 1. The maximum atomic E-state index is 10.8. The number of hydrogen-bond donors (Lipinski definition) is 0. The predicted octanol–water partition coefficient (Wildman–Crippen LogP) is 0.289. The fraction of sp³-hybridized carbons (Fsp3) is 0.857. The van der Waals surface area contributed by atoms with Crippen molar-refractivity contribution in [1.29, 1.82) is 0 Å². The van der Waals surface area contributed by atoms with Crippen molar-refractivity contribution in [3.8, 4) is 0 Å². The minimum absolute atomic E-state index is 0.123. The Morgan fingerprint density at radius 2 is 2.31 bits per heavy atom. The summed E-state index contributed by atoms with van der Waals surface area (Å²) < 4.78 is 4.96. The summed E-state index contributed by atoms with van der Waals surface area (Å²) >= 11 is 0. The van der Waals surface area contributed by atoms with Crippen LogP contribution < -0.4 is 0 Å². The van der Waals surface area contributed by atoms with Crippen molar-refractivity contribution in [1.82, 2.24) is 0 Å². The lowest BCUT2D eigenvalue weighted by Gasteiger charge is -2.07. The first kappa shape index (κ1) is 8.28. The Bertz CT molecular complexity index is 237. The van der Waals surface area contributed by atoms with Gasteiger partial charge in [-0.25, -0.2) is 0 Å². The maximum Gasteiger partial charge on any atom is 0.306 e. The zero-order chi connectivity index (χ0) is 9.42. The van der Waals surface area contributed by atoms with E-state index in [-0.39, 0.29) is 18.0 Å². The molecule has 13 heavy (non-hydrogen) atoms. The molecule has 0 bridgehead atoms. The van der Waals surface area contributed by atoms with Gasteiger partial charge >= 0.3 is 5.97 Å². The third-order valence-electron chi connectivity index (χ3n) is 2.53. The second-order valence-electron chi connectivity index (χ2n) is 3.41. The quantitative estimate of drug-likeness (QED) is 0.352. The highest BCUT2D eigenvalue weighted by atomic mass is 17.0. The van der Waals surface area contributed by atoms with Crippen LogP contribution >= 0.6 is 0 Å². The zero-order valence-corrected chi connectivity index (χ0v) is 6.84. The molecule has 6 nitrogen and oxygen atoms in total. The summed E-state index contributed by atoms with van der Waals surface area (Å²) in [6, 6.07) is 0. The van der Waals surface area contributed by atoms with Gasteiger partial charge < -0.3 is 9.57 Å². The lowest BCUT2D eigenvalue weighted by Crippen LogP contribution is -2.16. The van der Waals surface area contributed by atoms with Crippen molar-refractivity contribution in [2.75, 3.05) is 0 Å². The first-order chi connectivity index (χ1) is 6.15. The molecule has 3 atom stereocenters. The summed E-state index contributed by atoms with van der Waals surface area (Å²) in [5, 5.41) is 9.23. The summed E-state index contributed by atoms with van der Waals surface area (Å²) in [6.45, 7) is 0. The molecule has 0 amide bonds. The van der Waals surface area contributed by atoms with E-state index in [0.29, 0.717) is 19.3 Å². The highest BCUT2D eigenvalue weighted by Crippen LogP contribution is 2.37. The molecule has 0 N–H and O–H groups in total. The van der Waals surface area contributed by atoms with Gasteiger partial charge in [-0.1, -0.05) is 0 Å². The first-order valence-electron chi connectivity index (χ1n) is 4.16. The predicted molar refractivity (Wildman–Crippen MR) is 39.1 cm³/mol. The molecular weight excluding hydrogens is 178 g/mol. The molecule has 6 heteroatoms. The molecule has 2 fully saturated rings. The monoisotopic (exact) mass is 187 g/mol. The second kappa shape index (κ2) is 2.86. The number of fused-ring (bicyclic) bond motifs is 1. The molecule has 1 aliphatic carbocycles. The lowest BCUT2D eigenvalue weighted by molar-refractivity contribution is -0.768. The standard InChI is InChI=1S/C7H9NO5/c9-7-2-4-1-5(13-8(10)11)3-6(4)12-7/h4-6H,1-3H2/t4-,5-,6-/m1/s1. The Balaban J connectivity index is 1.90. The van der Waals surface area contributed by atoms with E-state index in [1.807, 2.05) is 0 Å². The summed E-state index contributed by atoms with van der Waals surface area (Å²) in [4.78, 5) is 25.2. The Kier molecular flexibility index (Phi) is 1.82. The Morgan fingerprint density at radius 3 is 2.92 bits per heavy atom. The third-order valence-corrected chi connectivity index (χ3v) is 2.53. The van der Waals surface area contributed by atoms with Crippen LogP contribution in [-0.2, 0) is 14.4 Å². The maximum absolute atomic E-state index is 10.8. The molecule has 2 rings (SSSR count). The number of nitrogens with zero attached hydrogens (tertiary/aromatic N) is 1. The number of esters is 1. The van der Waals surface area contributed by atoms with E-state index < -0.39 is 11.2 Å². The van der Waals surface area contributed by atoms with E-state index in [1.165, 1.54) is 0 Å². The van der Waals surface area contributed by atoms with Crippen LogP contribution in [0.15, 0.2) is 0 Å². The lowest BCUT2D eigenvalue weighted by atomic mass is 10.1. The Hall–Kier alpha value is -1.33. The van der Waals surface area contributed by atoms with Crippen LogP contribution in [0.4, 0.5) is 0 Å². The number of hydrogen-bond acceptors (Lipinski definition) is 5. The molecule has 1 heterocycles. The molecule has 1 saturated carbocycles. The van der Waals surface area contributed by atoms with Crippen molar-refractivity contribution < 1.29 is 19.5 Å². The first-order valence-corrected chi connectivity index (χ1v) is 4.16. The SMILES string of the molecule is O=C1C[C@H]2C[C@@H](O[N+](=O)[O-])C[C@H]2O1. The van der Waals surface area contributed by atoms with Gasteiger partial charge in [-0.3, -0.25) is 4.79 Å². The highest BCUT2D eigenvalue weighted by molar-refractivity contribution is 5.72. The summed E-state index contributed by atoms with van der Waals surface area (Å²) in [7, 11) is 0. The van der Waals surface area contributed by atoms with Crippen LogP contribution in [-0.4, -0.2) is 23.3 Å². The van der Waals surface area contributed by atoms with Crippen LogP contribution in [0.3, 0.4) is 0 Å². The van der Waals surface area contributed by atoms with Crippen molar-refractivity contribution in [3.63, 3.8) is 0 Å². The van der Waals surface area contributed by atoms with Gasteiger partial charge in [-0.05, 0) is 6.42 Å². The average Bonchev–Trinajstić information content (AvgIpc) is 2.41. The molecule has 0 unspecified atom stereocenters. The van der Waals surface area contributed by atoms with Gasteiger partial charge in [0.15, 0.2) is 0 Å². The minimum Gasteiger partial charge on any atom is -0.462 e. The number of ether oxygens (including phenoxy) is 1. The van der Waals surface area contributed by atoms with Gasteiger partial charge in [0.2, 0.25) is 0 Å². The van der Waals surface area contributed by atoms with Crippen molar-refractivity contribution >= 4 is 5.97 Å². The fourth-order valence-electron chi connectivity index (χ4n) is 2.04. The topological polar surface area (TPSA) is 78.7 Å². The molecule has 0 aromatic rings. The van der Waals surface area contributed by atoms with Crippen LogP contribution in [0.2, 0.25) is 0 Å². The van der Waals surface area contributed by atoms with Gasteiger partial charge in [0.05, 0.1) is 6.42 Å². The molecule has 2 aliphatic rings. The number of rotatable bonds is 2. The Morgan fingerprint density at radius 1 is 1.54 bits per heavy atom. The summed E-state index contributed by atoms with van der Waals surface area (Å²) in [6.07, 6.45) is 0.840. The molecule has 0 aromatic carbocycles. The van der Waals surface area contributed by atoms with Crippen LogP contribution in [0.25, 0.3) is 0 Å². The largest absolute Gasteiger partial charge is 0.462 e. The van der Waals surface area contributed by atoms with Crippen LogP contribution in [0.1, 0.15) is 19.3 Å². The minimum atomic E-state index is -0.784. The highest BCUT2D eigenvalue weighted by Gasteiger charge is 2.44. The van der Waals surface area contributed by atoms with Crippen molar-refractivity contribution in [2.45, 2.75) is 31.5 Å². The van der Waals surface area contributed by atoms with E-state index in [9.17, 15) is 14.9 Å². The molecular formula is C7H9NO5. The van der Waals surface area contributed by atoms with Gasteiger partial charge in [0.25, 0.3) is 5.09 Å². The van der Waals surface area contributed by atoms with Crippen LogP contribution in [0, 0.1) is 16.0 Å². The van der Waals surface area contributed by atoms with E-state index in [2.05, 4.69) is 4.84 Å². The molecule has 0 aromatic heterocycles. The van der Waals surface area contributed by atoms with Gasteiger partial charge in [-0.15, -0.1) is 10.1 Å². The van der Waals surface area contributed by atoms with E-state index in [4.69, 9.17) is 4.74 Å². The summed E-state index contributed by atoms with van der Waals surface area (Å²) in [5.74, 6) is -0.0768. The average molecular weight is 187 g/mol. The van der Waals surface area contributed by atoms with E-state index >= 15 is 0 Å². The van der Waals surface area contributed by atoms with Crippen LogP contribution in [0.5, 0.6) is 0 Å². The normalized spacial score (nSPS) is 36.9. The van der Waals surface area contributed by atoms with Crippen molar-refractivity contribution in [2.24, 2.45) is 5.92 Å². The van der Waals surface area contributed by atoms with Gasteiger partial charge in [-0.2, -0.15) is 0 Å².